The maximum atomic E-state index is 12.8. The lowest BCUT2D eigenvalue weighted by Gasteiger charge is -2.38. The SMILES string of the molecule is CCC1OCCCC1C(=O)N1CCN(Cc2cc(C)no2)CC1. The van der Waals surface area contributed by atoms with Gasteiger partial charge in [-0.05, 0) is 26.2 Å². The quantitative estimate of drug-likeness (QED) is 0.847. The van der Waals surface area contributed by atoms with E-state index in [-0.39, 0.29) is 17.9 Å². The molecule has 1 aromatic rings. The second-order valence-corrected chi connectivity index (χ2v) is 6.60. The summed E-state index contributed by atoms with van der Waals surface area (Å²) >= 11 is 0. The maximum absolute atomic E-state index is 12.8. The highest BCUT2D eigenvalue weighted by atomic mass is 16.5. The average Bonchev–Trinajstić information content (AvgIpc) is 3.00. The molecule has 128 valence electrons. The van der Waals surface area contributed by atoms with Gasteiger partial charge in [-0.3, -0.25) is 9.69 Å². The summed E-state index contributed by atoms with van der Waals surface area (Å²) in [4.78, 5) is 17.1. The Morgan fingerprint density at radius 2 is 2.13 bits per heavy atom. The minimum absolute atomic E-state index is 0.0530. The Kier molecular flexibility index (Phi) is 5.33. The van der Waals surface area contributed by atoms with E-state index in [0.29, 0.717) is 0 Å². The first-order valence-corrected chi connectivity index (χ1v) is 8.72. The first-order chi connectivity index (χ1) is 11.2. The van der Waals surface area contributed by atoms with Crippen molar-refractivity contribution >= 4 is 5.91 Å². The molecule has 0 N–H and O–H groups in total. The van der Waals surface area contributed by atoms with Crippen molar-refractivity contribution in [2.45, 2.75) is 45.8 Å². The van der Waals surface area contributed by atoms with E-state index in [9.17, 15) is 4.79 Å². The number of carbonyl (C=O) groups excluding carboxylic acids is 1. The van der Waals surface area contributed by atoms with E-state index in [1.54, 1.807) is 0 Å². The smallest absolute Gasteiger partial charge is 0.228 e. The van der Waals surface area contributed by atoms with Crippen molar-refractivity contribution < 1.29 is 14.1 Å². The van der Waals surface area contributed by atoms with Gasteiger partial charge in [0, 0.05) is 38.9 Å². The molecule has 2 fully saturated rings. The molecule has 0 aromatic carbocycles. The van der Waals surface area contributed by atoms with Crippen LogP contribution in [0.2, 0.25) is 0 Å². The molecule has 6 nitrogen and oxygen atoms in total. The number of piperazine rings is 1. The first kappa shape index (κ1) is 16.5. The summed E-state index contributed by atoms with van der Waals surface area (Å²) in [6, 6.07) is 1.97. The van der Waals surface area contributed by atoms with Crippen LogP contribution in [0.4, 0.5) is 0 Å². The summed E-state index contributed by atoms with van der Waals surface area (Å²) in [5.74, 6) is 1.23. The number of rotatable bonds is 4. The zero-order valence-corrected chi connectivity index (χ0v) is 14.2. The van der Waals surface area contributed by atoms with Crippen molar-refractivity contribution in [1.82, 2.24) is 15.0 Å². The Balaban J connectivity index is 1.50. The molecular weight excluding hydrogens is 294 g/mol. The third-order valence-electron chi connectivity index (χ3n) is 4.90. The molecule has 3 rings (SSSR count). The Labute approximate surface area is 137 Å². The zero-order chi connectivity index (χ0) is 16.2. The molecule has 0 saturated carbocycles. The highest BCUT2D eigenvalue weighted by Crippen LogP contribution is 2.25. The number of carbonyl (C=O) groups is 1. The van der Waals surface area contributed by atoms with Crippen LogP contribution >= 0.6 is 0 Å². The fourth-order valence-electron chi connectivity index (χ4n) is 3.60. The number of amides is 1. The van der Waals surface area contributed by atoms with Gasteiger partial charge < -0.3 is 14.2 Å². The van der Waals surface area contributed by atoms with Crippen molar-refractivity contribution in [2.75, 3.05) is 32.8 Å². The molecule has 23 heavy (non-hydrogen) atoms. The summed E-state index contributed by atoms with van der Waals surface area (Å²) in [7, 11) is 0. The molecule has 2 atom stereocenters. The number of nitrogens with zero attached hydrogens (tertiary/aromatic N) is 3. The van der Waals surface area contributed by atoms with Gasteiger partial charge in [-0.1, -0.05) is 12.1 Å². The van der Waals surface area contributed by atoms with Crippen LogP contribution in [-0.4, -0.2) is 59.8 Å². The van der Waals surface area contributed by atoms with Crippen LogP contribution in [0.5, 0.6) is 0 Å². The van der Waals surface area contributed by atoms with E-state index >= 15 is 0 Å². The first-order valence-electron chi connectivity index (χ1n) is 8.72. The molecule has 2 aliphatic rings. The third-order valence-corrected chi connectivity index (χ3v) is 4.90. The van der Waals surface area contributed by atoms with E-state index in [4.69, 9.17) is 9.26 Å². The minimum Gasteiger partial charge on any atom is -0.377 e. The van der Waals surface area contributed by atoms with Crippen molar-refractivity contribution in [3.63, 3.8) is 0 Å². The minimum atomic E-state index is 0.0530. The fraction of sp³-hybridized carbons (Fsp3) is 0.765. The van der Waals surface area contributed by atoms with Gasteiger partial charge in [0.2, 0.25) is 5.91 Å². The highest BCUT2D eigenvalue weighted by molar-refractivity contribution is 5.79. The predicted octanol–water partition coefficient (Wildman–Crippen LogP) is 1.83. The lowest BCUT2D eigenvalue weighted by molar-refractivity contribution is -0.147. The largest absolute Gasteiger partial charge is 0.377 e. The van der Waals surface area contributed by atoms with Crippen LogP contribution in [0, 0.1) is 12.8 Å². The molecule has 0 spiro atoms. The zero-order valence-electron chi connectivity index (χ0n) is 14.2. The van der Waals surface area contributed by atoms with Crippen molar-refractivity contribution in [2.24, 2.45) is 5.92 Å². The third kappa shape index (κ3) is 3.93. The summed E-state index contributed by atoms with van der Waals surface area (Å²) in [6.45, 7) is 8.96. The highest BCUT2D eigenvalue weighted by Gasteiger charge is 2.34. The van der Waals surface area contributed by atoms with Crippen molar-refractivity contribution in [3.8, 4) is 0 Å². The van der Waals surface area contributed by atoms with Gasteiger partial charge in [0.05, 0.1) is 24.3 Å². The molecule has 1 amide bonds. The average molecular weight is 321 g/mol. The predicted molar refractivity (Wildman–Crippen MR) is 85.9 cm³/mol. The van der Waals surface area contributed by atoms with Gasteiger partial charge in [-0.25, -0.2) is 0 Å². The van der Waals surface area contributed by atoms with Gasteiger partial charge >= 0.3 is 0 Å². The van der Waals surface area contributed by atoms with Crippen LogP contribution < -0.4 is 0 Å². The number of hydrogen-bond acceptors (Lipinski definition) is 5. The molecule has 6 heteroatoms. The molecule has 0 radical (unpaired) electrons. The van der Waals surface area contributed by atoms with E-state index < -0.39 is 0 Å². The Hall–Kier alpha value is -1.40. The van der Waals surface area contributed by atoms with E-state index in [2.05, 4.69) is 17.0 Å². The number of ether oxygens (including phenoxy) is 1. The Morgan fingerprint density at radius 3 is 2.78 bits per heavy atom. The normalized spacial score (nSPS) is 26.4. The molecule has 2 aliphatic heterocycles. The van der Waals surface area contributed by atoms with Gasteiger partial charge in [-0.2, -0.15) is 0 Å². The van der Waals surface area contributed by atoms with Crippen molar-refractivity contribution in [1.29, 1.82) is 0 Å². The van der Waals surface area contributed by atoms with Gasteiger partial charge in [0.1, 0.15) is 0 Å². The monoisotopic (exact) mass is 321 g/mol. The Morgan fingerprint density at radius 1 is 1.35 bits per heavy atom. The van der Waals surface area contributed by atoms with Crippen LogP contribution in [-0.2, 0) is 16.1 Å². The van der Waals surface area contributed by atoms with Crippen LogP contribution in [0.1, 0.15) is 37.6 Å². The number of hydrogen-bond donors (Lipinski definition) is 0. The number of aromatic nitrogens is 1. The van der Waals surface area contributed by atoms with Crippen LogP contribution in [0.3, 0.4) is 0 Å². The van der Waals surface area contributed by atoms with Gasteiger partial charge in [-0.15, -0.1) is 0 Å². The van der Waals surface area contributed by atoms with E-state index in [1.165, 1.54) is 0 Å². The van der Waals surface area contributed by atoms with E-state index in [0.717, 1.165) is 70.0 Å². The molecule has 1 aromatic heterocycles. The van der Waals surface area contributed by atoms with Crippen LogP contribution in [0.25, 0.3) is 0 Å². The van der Waals surface area contributed by atoms with Gasteiger partial charge in [0.15, 0.2) is 5.76 Å². The lowest BCUT2D eigenvalue weighted by atomic mass is 9.91. The molecule has 0 bridgehead atoms. The second kappa shape index (κ2) is 7.45. The fourth-order valence-corrected chi connectivity index (χ4v) is 3.60. The Bertz CT molecular complexity index is 523. The second-order valence-electron chi connectivity index (χ2n) is 6.60. The molecule has 2 saturated heterocycles. The lowest BCUT2D eigenvalue weighted by Crippen LogP contribution is -2.52. The molecular formula is C17H27N3O3. The summed E-state index contributed by atoms with van der Waals surface area (Å²) in [5, 5.41) is 3.92. The van der Waals surface area contributed by atoms with Crippen molar-refractivity contribution in [3.05, 3.63) is 17.5 Å². The summed E-state index contributed by atoms with van der Waals surface area (Å²) < 4.78 is 11.1. The van der Waals surface area contributed by atoms with Gasteiger partial charge in [0.25, 0.3) is 0 Å². The molecule has 0 aliphatic carbocycles. The molecule has 2 unspecified atom stereocenters. The summed E-state index contributed by atoms with van der Waals surface area (Å²) in [6.07, 6.45) is 2.99. The topological polar surface area (TPSA) is 58.8 Å². The maximum Gasteiger partial charge on any atom is 0.228 e. The standard InChI is InChI=1S/C17H27N3O3/c1-3-16-15(5-4-10-22-16)17(21)20-8-6-19(7-9-20)12-14-11-13(2)18-23-14/h11,15-16H,3-10,12H2,1-2H3. The molecule has 3 heterocycles. The summed E-state index contributed by atoms with van der Waals surface area (Å²) in [5.41, 5.74) is 0.914. The number of aryl methyl sites for hydroxylation is 1. The van der Waals surface area contributed by atoms with E-state index in [1.807, 2.05) is 17.9 Å². The van der Waals surface area contributed by atoms with Crippen LogP contribution in [0.15, 0.2) is 10.6 Å².